The molecule has 1 atom stereocenters. The van der Waals surface area contributed by atoms with Gasteiger partial charge in [-0.2, -0.15) is 0 Å². The minimum atomic E-state index is 0.304. The van der Waals surface area contributed by atoms with Gasteiger partial charge in [0.15, 0.2) is 0 Å². The van der Waals surface area contributed by atoms with Crippen molar-refractivity contribution < 1.29 is 0 Å². The molecule has 1 aromatic carbocycles. The zero-order chi connectivity index (χ0) is 11.8. The molecule has 2 N–H and O–H groups in total. The molecule has 1 aromatic rings. The Morgan fingerprint density at radius 3 is 2.44 bits per heavy atom. The monoisotopic (exact) mass is 237 g/mol. The molecule has 16 heavy (non-hydrogen) atoms. The van der Waals surface area contributed by atoms with E-state index >= 15 is 0 Å². The zero-order valence-corrected chi connectivity index (χ0v) is 11.2. The van der Waals surface area contributed by atoms with Gasteiger partial charge >= 0.3 is 0 Å². The van der Waals surface area contributed by atoms with E-state index in [-0.39, 0.29) is 0 Å². The highest BCUT2D eigenvalue weighted by Gasteiger charge is 2.01. The minimum Gasteiger partial charge on any atom is -0.327 e. The predicted octanol–water partition coefficient (Wildman–Crippen LogP) is 3.86. The van der Waals surface area contributed by atoms with Gasteiger partial charge in [-0.25, -0.2) is 0 Å². The molecule has 1 unspecified atom stereocenters. The van der Waals surface area contributed by atoms with Gasteiger partial charge in [-0.05, 0) is 42.7 Å². The van der Waals surface area contributed by atoms with E-state index < -0.39 is 0 Å². The summed E-state index contributed by atoms with van der Waals surface area (Å²) in [4.78, 5) is 1.38. The standard InChI is InChI=1S/C14H23NS/c1-3-5-10-16-14-8-6-12(7-9-14)11-13(15)4-2/h6-9,13H,3-5,10-11,15H2,1-2H3. The molecule has 0 aliphatic rings. The van der Waals surface area contributed by atoms with Crippen LogP contribution < -0.4 is 5.73 Å². The van der Waals surface area contributed by atoms with E-state index in [9.17, 15) is 0 Å². The maximum atomic E-state index is 5.94. The molecule has 0 fully saturated rings. The van der Waals surface area contributed by atoms with E-state index in [2.05, 4.69) is 38.1 Å². The number of benzene rings is 1. The second-order valence-electron chi connectivity index (χ2n) is 4.22. The first-order valence-electron chi connectivity index (χ1n) is 6.23. The molecule has 0 saturated heterocycles. The van der Waals surface area contributed by atoms with Gasteiger partial charge in [-0.15, -0.1) is 11.8 Å². The summed E-state index contributed by atoms with van der Waals surface area (Å²) in [6.07, 6.45) is 4.62. The topological polar surface area (TPSA) is 26.0 Å². The summed E-state index contributed by atoms with van der Waals surface area (Å²) in [5, 5.41) is 0. The molecule has 0 saturated carbocycles. The Balaban J connectivity index is 2.41. The highest BCUT2D eigenvalue weighted by molar-refractivity contribution is 7.99. The van der Waals surface area contributed by atoms with Crippen LogP contribution in [0.1, 0.15) is 38.7 Å². The first-order chi connectivity index (χ1) is 7.76. The lowest BCUT2D eigenvalue weighted by Gasteiger charge is -2.09. The molecule has 90 valence electrons. The van der Waals surface area contributed by atoms with Crippen LogP contribution in [0.4, 0.5) is 0 Å². The van der Waals surface area contributed by atoms with Crippen LogP contribution >= 0.6 is 11.8 Å². The Kier molecular flexibility index (Phi) is 6.58. The van der Waals surface area contributed by atoms with E-state index in [0.717, 1.165) is 12.8 Å². The average Bonchev–Trinajstić information content (AvgIpc) is 2.31. The summed E-state index contributed by atoms with van der Waals surface area (Å²) >= 11 is 1.95. The van der Waals surface area contributed by atoms with Crippen molar-refractivity contribution in [3.8, 4) is 0 Å². The number of hydrogen-bond acceptors (Lipinski definition) is 2. The fourth-order valence-corrected chi connectivity index (χ4v) is 2.50. The first-order valence-corrected chi connectivity index (χ1v) is 7.22. The molecule has 0 radical (unpaired) electrons. The van der Waals surface area contributed by atoms with Crippen LogP contribution in [0, 0.1) is 0 Å². The molecule has 2 heteroatoms. The second-order valence-corrected chi connectivity index (χ2v) is 5.39. The molecule has 0 amide bonds. The van der Waals surface area contributed by atoms with Crippen LogP contribution in [0.25, 0.3) is 0 Å². The van der Waals surface area contributed by atoms with E-state index in [0.29, 0.717) is 6.04 Å². The van der Waals surface area contributed by atoms with Gasteiger partial charge in [0.05, 0.1) is 0 Å². The molecule has 1 nitrogen and oxygen atoms in total. The molecule has 0 bridgehead atoms. The van der Waals surface area contributed by atoms with Crippen molar-refractivity contribution >= 4 is 11.8 Å². The fourth-order valence-electron chi connectivity index (χ4n) is 1.50. The van der Waals surface area contributed by atoms with Crippen LogP contribution in [-0.4, -0.2) is 11.8 Å². The van der Waals surface area contributed by atoms with Crippen molar-refractivity contribution in [2.75, 3.05) is 5.75 Å². The van der Waals surface area contributed by atoms with Crippen LogP contribution in [0.3, 0.4) is 0 Å². The van der Waals surface area contributed by atoms with Crippen molar-refractivity contribution in [3.05, 3.63) is 29.8 Å². The molecule has 0 aliphatic carbocycles. The molecular weight excluding hydrogens is 214 g/mol. The predicted molar refractivity (Wildman–Crippen MR) is 74.0 cm³/mol. The van der Waals surface area contributed by atoms with E-state index in [4.69, 9.17) is 5.73 Å². The zero-order valence-electron chi connectivity index (χ0n) is 10.4. The van der Waals surface area contributed by atoms with Gasteiger partial charge in [-0.3, -0.25) is 0 Å². The second kappa shape index (κ2) is 7.75. The molecule has 0 heterocycles. The fraction of sp³-hybridized carbons (Fsp3) is 0.571. The molecule has 0 aromatic heterocycles. The van der Waals surface area contributed by atoms with E-state index in [1.807, 2.05) is 11.8 Å². The summed E-state index contributed by atoms with van der Waals surface area (Å²) < 4.78 is 0. The highest BCUT2D eigenvalue weighted by atomic mass is 32.2. The van der Waals surface area contributed by atoms with E-state index in [1.54, 1.807) is 0 Å². The average molecular weight is 237 g/mol. The van der Waals surface area contributed by atoms with Crippen molar-refractivity contribution in [2.45, 2.75) is 50.5 Å². The molecule has 0 spiro atoms. The van der Waals surface area contributed by atoms with Crippen molar-refractivity contribution in [2.24, 2.45) is 5.73 Å². The van der Waals surface area contributed by atoms with Crippen molar-refractivity contribution in [1.82, 2.24) is 0 Å². The Bertz CT molecular complexity index is 281. The maximum Gasteiger partial charge on any atom is 0.00766 e. The normalized spacial score (nSPS) is 12.7. The Labute approximate surface area is 104 Å². The lowest BCUT2D eigenvalue weighted by atomic mass is 10.1. The summed E-state index contributed by atoms with van der Waals surface area (Å²) in [5.74, 6) is 1.23. The molecule has 0 aliphatic heterocycles. The summed E-state index contributed by atoms with van der Waals surface area (Å²) in [6, 6.07) is 9.17. The highest BCUT2D eigenvalue weighted by Crippen LogP contribution is 2.20. The van der Waals surface area contributed by atoms with Gasteiger partial charge < -0.3 is 5.73 Å². The minimum absolute atomic E-state index is 0.304. The third-order valence-electron chi connectivity index (χ3n) is 2.71. The summed E-state index contributed by atoms with van der Waals surface area (Å²) in [7, 11) is 0. The van der Waals surface area contributed by atoms with Gasteiger partial charge in [0.2, 0.25) is 0 Å². The van der Waals surface area contributed by atoms with Crippen molar-refractivity contribution in [1.29, 1.82) is 0 Å². The van der Waals surface area contributed by atoms with Crippen molar-refractivity contribution in [3.63, 3.8) is 0 Å². The number of hydrogen-bond donors (Lipinski definition) is 1. The maximum absolute atomic E-state index is 5.94. The number of rotatable bonds is 7. The summed E-state index contributed by atoms with van der Waals surface area (Å²) in [6.45, 7) is 4.37. The van der Waals surface area contributed by atoms with Crippen LogP contribution in [0.5, 0.6) is 0 Å². The molecular formula is C14H23NS. The Morgan fingerprint density at radius 2 is 1.88 bits per heavy atom. The van der Waals surface area contributed by atoms with Crippen LogP contribution in [0.15, 0.2) is 29.2 Å². The van der Waals surface area contributed by atoms with Gasteiger partial charge in [-0.1, -0.05) is 32.4 Å². The molecule has 1 rings (SSSR count). The third-order valence-corrected chi connectivity index (χ3v) is 3.81. The number of nitrogens with two attached hydrogens (primary N) is 1. The number of unbranched alkanes of at least 4 members (excludes halogenated alkanes) is 1. The number of thioether (sulfide) groups is 1. The van der Waals surface area contributed by atoms with Crippen LogP contribution in [0.2, 0.25) is 0 Å². The lowest BCUT2D eigenvalue weighted by molar-refractivity contribution is 0.646. The largest absolute Gasteiger partial charge is 0.327 e. The smallest absolute Gasteiger partial charge is 0.00766 e. The Morgan fingerprint density at radius 1 is 1.19 bits per heavy atom. The van der Waals surface area contributed by atoms with Gasteiger partial charge in [0.25, 0.3) is 0 Å². The van der Waals surface area contributed by atoms with E-state index in [1.165, 1.54) is 29.1 Å². The van der Waals surface area contributed by atoms with Gasteiger partial charge in [0.1, 0.15) is 0 Å². The third kappa shape index (κ3) is 5.04. The lowest BCUT2D eigenvalue weighted by Crippen LogP contribution is -2.21. The summed E-state index contributed by atoms with van der Waals surface area (Å²) in [5.41, 5.74) is 7.29. The first kappa shape index (κ1) is 13.6. The van der Waals surface area contributed by atoms with Gasteiger partial charge in [0, 0.05) is 10.9 Å². The quantitative estimate of drug-likeness (QED) is 0.575. The Hall–Kier alpha value is -0.470. The SMILES string of the molecule is CCCCSc1ccc(CC(N)CC)cc1. The van der Waals surface area contributed by atoms with Crippen LogP contribution in [-0.2, 0) is 6.42 Å².